The van der Waals surface area contributed by atoms with E-state index in [0.29, 0.717) is 12.2 Å². The van der Waals surface area contributed by atoms with Crippen molar-refractivity contribution in [3.05, 3.63) is 59.5 Å². The largest absolute Gasteiger partial charge is 0.495 e. The van der Waals surface area contributed by atoms with Gasteiger partial charge in [0.1, 0.15) is 22.9 Å². The van der Waals surface area contributed by atoms with Crippen molar-refractivity contribution in [3.63, 3.8) is 0 Å². The predicted octanol–water partition coefficient (Wildman–Crippen LogP) is 3.57. The number of carbonyl (C=O) groups excluding carboxylic acids is 1. The Hall–Kier alpha value is -2.91. The summed E-state index contributed by atoms with van der Waals surface area (Å²) in [7, 11) is -2.40. The second kappa shape index (κ2) is 8.91. The first kappa shape index (κ1) is 22.3. The fourth-order valence-corrected chi connectivity index (χ4v) is 5.94. The Morgan fingerprint density at radius 1 is 1.25 bits per heavy atom. The van der Waals surface area contributed by atoms with Crippen LogP contribution in [-0.2, 0) is 21.4 Å². The number of imidazole rings is 1. The molecule has 0 spiro atoms. The summed E-state index contributed by atoms with van der Waals surface area (Å²) in [6, 6.07) is 8.11. The first-order valence-electron chi connectivity index (χ1n) is 10.6. The molecule has 32 heavy (non-hydrogen) atoms. The summed E-state index contributed by atoms with van der Waals surface area (Å²) in [5, 5.41) is 0. The SMILES string of the molecule is COc1ccc(C(=O)OCc2cn3cccc(C)c3n2)cc1S(=O)(=O)N1CCCCC1C. The predicted molar refractivity (Wildman–Crippen MR) is 119 cm³/mol. The van der Waals surface area contributed by atoms with Gasteiger partial charge in [0.2, 0.25) is 10.0 Å². The zero-order valence-electron chi connectivity index (χ0n) is 18.4. The number of ether oxygens (including phenoxy) is 2. The van der Waals surface area contributed by atoms with Gasteiger partial charge in [-0.2, -0.15) is 4.31 Å². The van der Waals surface area contributed by atoms with Gasteiger partial charge in [0.05, 0.1) is 18.4 Å². The molecule has 0 amide bonds. The second-order valence-electron chi connectivity index (χ2n) is 8.06. The van der Waals surface area contributed by atoms with Crippen molar-refractivity contribution in [2.24, 2.45) is 0 Å². The third-order valence-corrected chi connectivity index (χ3v) is 7.84. The lowest BCUT2D eigenvalue weighted by Crippen LogP contribution is -2.42. The first-order chi connectivity index (χ1) is 15.3. The zero-order chi connectivity index (χ0) is 22.9. The summed E-state index contributed by atoms with van der Waals surface area (Å²) >= 11 is 0. The quantitative estimate of drug-likeness (QED) is 0.526. The zero-order valence-corrected chi connectivity index (χ0v) is 19.3. The molecular formula is C23H27N3O5S. The standard InChI is InChI=1S/C23H27N3O5S/c1-16-7-6-11-25-14-19(24-22(16)25)15-31-23(27)18-9-10-20(30-3)21(13-18)32(28,29)26-12-5-4-8-17(26)2/h6-7,9-11,13-14,17H,4-5,8,12,15H2,1-3H3. The van der Waals surface area contributed by atoms with Gasteiger partial charge in [-0.15, -0.1) is 0 Å². The van der Waals surface area contributed by atoms with Crippen LogP contribution in [-0.4, -0.2) is 47.8 Å². The Labute approximate surface area is 187 Å². The minimum atomic E-state index is -3.81. The van der Waals surface area contributed by atoms with Gasteiger partial charge in [0.25, 0.3) is 0 Å². The van der Waals surface area contributed by atoms with Crippen LogP contribution in [0.25, 0.3) is 5.65 Å². The van der Waals surface area contributed by atoms with Crippen molar-refractivity contribution in [3.8, 4) is 5.75 Å². The van der Waals surface area contributed by atoms with Crippen molar-refractivity contribution >= 4 is 21.6 Å². The Balaban J connectivity index is 1.57. The molecule has 170 valence electrons. The van der Waals surface area contributed by atoms with E-state index in [1.165, 1.54) is 29.6 Å². The molecule has 0 bridgehead atoms. The minimum absolute atomic E-state index is 0.0166. The van der Waals surface area contributed by atoms with E-state index in [-0.39, 0.29) is 28.9 Å². The molecule has 3 aromatic rings. The highest BCUT2D eigenvalue weighted by molar-refractivity contribution is 7.89. The number of piperidine rings is 1. The molecule has 1 aliphatic rings. The van der Waals surface area contributed by atoms with Crippen LogP contribution < -0.4 is 4.74 Å². The molecule has 2 aromatic heterocycles. The lowest BCUT2D eigenvalue weighted by Gasteiger charge is -2.32. The summed E-state index contributed by atoms with van der Waals surface area (Å²) in [4.78, 5) is 17.2. The summed E-state index contributed by atoms with van der Waals surface area (Å²) in [5.41, 5.74) is 2.57. The molecule has 8 nitrogen and oxygen atoms in total. The van der Waals surface area contributed by atoms with E-state index in [2.05, 4.69) is 4.98 Å². The second-order valence-corrected chi connectivity index (χ2v) is 9.92. The van der Waals surface area contributed by atoms with Crippen LogP contribution in [0, 0.1) is 6.92 Å². The van der Waals surface area contributed by atoms with Crippen LogP contribution in [0.2, 0.25) is 0 Å². The van der Waals surface area contributed by atoms with E-state index >= 15 is 0 Å². The molecule has 0 radical (unpaired) electrons. The van der Waals surface area contributed by atoms with E-state index in [0.717, 1.165) is 30.5 Å². The number of pyridine rings is 1. The summed E-state index contributed by atoms with van der Waals surface area (Å²) in [6.45, 7) is 4.30. The van der Waals surface area contributed by atoms with Crippen LogP contribution in [0.5, 0.6) is 5.75 Å². The van der Waals surface area contributed by atoms with E-state index in [1.54, 1.807) is 6.20 Å². The molecule has 0 N–H and O–H groups in total. The smallest absolute Gasteiger partial charge is 0.338 e. The number of hydrogen-bond acceptors (Lipinski definition) is 6. The number of fused-ring (bicyclic) bond motifs is 1. The number of hydrogen-bond donors (Lipinski definition) is 0. The molecular weight excluding hydrogens is 430 g/mol. The Morgan fingerprint density at radius 3 is 2.78 bits per heavy atom. The molecule has 1 atom stereocenters. The third-order valence-electron chi connectivity index (χ3n) is 5.81. The fraction of sp³-hybridized carbons (Fsp3) is 0.391. The van der Waals surface area contributed by atoms with Gasteiger partial charge in [-0.25, -0.2) is 18.2 Å². The van der Waals surface area contributed by atoms with Crippen molar-refractivity contribution in [1.82, 2.24) is 13.7 Å². The molecule has 1 aromatic carbocycles. The fourth-order valence-electron chi connectivity index (χ4n) is 4.06. The van der Waals surface area contributed by atoms with Gasteiger partial charge in [0, 0.05) is 25.0 Å². The maximum Gasteiger partial charge on any atom is 0.338 e. The molecule has 1 unspecified atom stereocenters. The first-order valence-corrected chi connectivity index (χ1v) is 12.1. The number of nitrogens with zero attached hydrogens (tertiary/aromatic N) is 3. The van der Waals surface area contributed by atoms with Crippen molar-refractivity contribution < 1.29 is 22.7 Å². The molecule has 4 rings (SSSR count). The van der Waals surface area contributed by atoms with Gasteiger partial charge in [-0.3, -0.25) is 0 Å². The highest BCUT2D eigenvalue weighted by Crippen LogP contribution is 2.32. The molecule has 3 heterocycles. The number of sulfonamides is 1. The number of methoxy groups -OCH3 is 1. The van der Waals surface area contributed by atoms with E-state index in [4.69, 9.17) is 9.47 Å². The van der Waals surface area contributed by atoms with E-state index < -0.39 is 16.0 Å². The maximum atomic E-state index is 13.3. The van der Waals surface area contributed by atoms with Gasteiger partial charge >= 0.3 is 5.97 Å². The molecule has 1 saturated heterocycles. The van der Waals surface area contributed by atoms with Gasteiger partial charge < -0.3 is 13.9 Å². The maximum absolute atomic E-state index is 13.3. The number of benzene rings is 1. The van der Waals surface area contributed by atoms with Crippen molar-refractivity contribution in [2.45, 2.75) is 50.7 Å². The molecule has 9 heteroatoms. The number of aryl methyl sites for hydroxylation is 1. The average Bonchev–Trinajstić information content (AvgIpc) is 3.22. The van der Waals surface area contributed by atoms with Crippen LogP contribution in [0.3, 0.4) is 0 Å². The van der Waals surface area contributed by atoms with E-state index in [1.807, 2.05) is 36.6 Å². The molecule has 1 fully saturated rings. The average molecular weight is 458 g/mol. The Morgan fingerprint density at radius 2 is 2.06 bits per heavy atom. The van der Waals surface area contributed by atoms with Crippen LogP contribution in [0.1, 0.15) is 47.8 Å². The lowest BCUT2D eigenvalue weighted by atomic mass is 10.1. The molecule has 0 saturated carbocycles. The van der Waals surface area contributed by atoms with Crippen LogP contribution in [0.15, 0.2) is 47.6 Å². The van der Waals surface area contributed by atoms with E-state index in [9.17, 15) is 13.2 Å². The number of carbonyl (C=O) groups is 1. The summed E-state index contributed by atoms with van der Waals surface area (Å²) < 4.78 is 40.8. The van der Waals surface area contributed by atoms with Crippen molar-refractivity contribution in [1.29, 1.82) is 0 Å². The summed E-state index contributed by atoms with van der Waals surface area (Å²) in [5.74, 6) is -0.417. The number of esters is 1. The molecule has 1 aliphatic heterocycles. The minimum Gasteiger partial charge on any atom is -0.495 e. The highest BCUT2D eigenvalue weighted by atomic mass is 32.2. The van der Waals surface area contributed by atoms with Gasteiger partial charge in [0.15, 0.2) is 0 Å². The highest BCUT2D eigenvalue weighted by Gasteiger charge is 2.33. The summed E-state index contributed by atoms with van der Waals surface area (Å²) in [6.07, 6.45) is 6.30. The topological polar surface area (TPSA) is 90.2 Å². The molecule has 0 aliphatic carbocycles. The van der Waals surface area contributed by atoms with Gasteiger partial charge in [-0.05, 0) is 56.5 Å². The monoisotopic (exact) mass is 457 g/mol. The Bertz CT molecular complexity index is 1250. The van der Waals surface area contributed by atoms with Gasteiger partial charge in [-0.1, -0.05) is 12.5 Å². The Kier molecular flexibility index (Phi) is 6.21. The third kappa shape index (κ3) is 4.22. The van der Waals surface area contributed by atoms with Crippen LogP contribution in [0.4, 0.5) is 0 Å². The van der Waals surface area contributed by atoms with Crippen molar-refractivity contribution in [2.75, 3.05) is 13.7 Å². The normalized spacial score (nSPS) is 17.4. The number of rotatable bonds is 6. The van der Waals surface area contributed by atoms with Crippen LogP contribution >= 0.6 is 0 Å². The number of aromatic nitrogens is 2. The lowest BCUT2D eigenvalue weighted by molar-refractivity contribution is 0.0468.